The Hall–Kier alpha value is -0.153. The second-order valence-electron chi connectivity index (χ2n) is 1.69. The molecule has 0 aliphatic rings. The van der Waals surface area contributed by atoms with Crippen LogP contribution in [0.3, 0.4) is 0 Å². The van der Waals surface area contributed by atoms with E-state index in [1.165, 1.54) is 0 Å². The zero-order chi connectivity index (χ0) is 7.98. The minimum absolute atomic E-state index is 0.498. The van der Waals surface area contributed by atoms with Crippen LogP contribution in [0.4, 0.5) is 0 Å². The molecule has 10 heavy (non-hydrogen) atoms. The summed E-state index contributed by atoms with van der Waals surface area (Å²) in [5, 5.41) is 0. The predicted octanol–water partition coefficient (Wildman–Crippen LogP) is 0.790. The first-order chi connectivity index (χ1) is 4.72. The molecule has 0 aromatic rings. The molecule has 0 aliphatic heterocycles. The molecule has 2 nitrogen and oxygen atoms in total. The highest BCUT2D eigenvalue weighted by Gasteiger charge is 1.99. The van der Waals surface area contributed by atoms with Gasteiger partial charge in [0.2, 0.25) is 0 Å². The fourth-order valence-electron chi connectivity index (χ4n) is 0.503. The molecule has 0 saturated heterocycles. The number of hydrogen-bond acceptors (Lipinski definition) is 2. The van der Waals surface area contributed by atoms with E-state index in [2.05, 4.69) is 0 Å². The summed E-state index contributed by atoms with van der Waals surface area (Å²) in [5.74, 6) is 0.498. The van der Waals surface area contributed by atoms with Crippen molar-refractivity contribution in [3.63, 3.8) is 0 Å². The summed E-state index contributed by atoms with van der Waals surface area (Å²) in [6.07, 6.45) is 0. The second-order valence-corrected chi connectivity index (χ2v) is 3.89. The monoisotopic (exact) mass is 180 g/mol. The van der Waals surface area contributed by atoms with Crippen LogP contribution in [0.2, 0.25) is 0 Å². The van der Waals surface area contributed by atoms with Crippen molar-refractivity contribution in [2.45, 2.75) is 13.8 Å². The zero-order valence-electron chi connectivity index (χ0n) is 6.61. The summed E-state index contributed by atoms with van der Waals surface area (Å²) >= 11 is 5.69. The molecule has 0 heterocycles. The van der Waals surface area contributed by atoms with Gasteiger partial charge in [-0.3, -0.25) is 0 Å². The van der Waals surface area contributed by atoms with Crippen molar-refractivity contribution in [3.8, 4) is 0 Å². The van der Waals surface area contributed by atoms with Crippen LogP contribution in [0.1, 0.15) is 13.8 Å². The molecule has 4 heteroatoms. The van der Waals surface area contributed by atoms with Crippen molar-refractivity contribution in [3.05, 3.63) is 10.6 Å². The molecule has 0 unspecified atom stereocenters. The van der Waals surface area contributed by atoms with E-state index in [-0.39, 0.29) is 0 Å². The van der Waals surface area contributed by atoms with Crippen LogP contribution in [0.25, 0.3) is 0 Å². The maximum atomic E-state index is 5.69. The number of rotatable bonds is 4. The van der Waals surface area contributed by atoms with Gasteiger partial charge in [-0.1, -0.05) is 11.6 Å². The van der Waals surface area contributed by atoms with Crippen molar-refractivity contribution in [2.24, 2.45) is 0 Å². The van der Waals surface area contributed by atoms with E-state index in [0.717, 1.165) is 10.2 Å². The lowest BCUT2D eigenvalue weighted by atomic mass is 10.8. The Morgan fingerprint density at radius 3 is 1.90 bits per heavy atom. The van der Waals surface area contributed by atoms with Gasteiger partial charge in [0.15, 0.2) is 0 Å². The van der Waals surface area contributed by atoms with Gasteiger partial charge in [-0.05, 0) is 13.8 Å². The Morgan fingerprint density at radius 2 is 1.70 bits per heavy atom. The highest BCUT2D eigenvalue weighted by Crippen LogP contribution is 2.07. The summed E-state index contributed by atoms with van der Waals surface area (Å²) in [7, 11) is 0.776. The van der Waals surface area contributed by atoms with Gasteiger partial charge in [0.1, 0.15) is 0 Å². The Morgan fingerprint density at radius 1 is 1.30 bits per heavy atom. The molecule has 0 amide bonds. The minimum Gasteiger partial charge on any atom is -0.465 e. The predicted molar refractivity (Wildman–Crippen MR) is 46.1 cm³/mol. The molecular formula is C6H13ClO2Si. The van der Waals surface area contributed by atoms with Gasteiger partial charge in [0, 0.05) is 0 Å². The summed E-state index contributed by atoms with van der Waals surface area (Å²) in [6.45, 7) is 5.02. The first kappa shape index (κ1) is 9.85. The van der Waals surface area contributed by atoms with Crippen molar-refractivity contribution >= 4 is 21.8 Å². The highest BCUT2D eigenvalue weighted by atomic mass is 35.5. The molecule has 0 saturated carbocycles. The maximum absolute atomic E-state index is 5.69. The third-order valence-electron chi connectivity index (χ3n) is 0.832. The fraction of sp³-hybridized carbons (Fsp3) is 0.667. The molecule has 0 rings (SSSR count). The van der Waals surface area contributed by atoms with Crippen LogP contribution in [0.5, 0.6) is 0 Å². The van der Waals surface area contributed by atoms with E-state index in [1.54, 1.807) is 0 Å². The lowest BCUT2D eigenvalue weighted by Gasteiger charge is -2.08. The number of ether oxygens (including phenoxy) is 2. The Kier molecular flexibility index (Phi) is 5.53. The third-order valence-corrected chi connectivity index (χ3v) is 1.39. The molecule has 0 fully saturated rings. The molecule has 0 radical (unpaired) electrons. The van der Waals surface area contributed by atoms with Gasteiger partial charge in [0.05, 0.1) is 28.1 Å². The second kappa shape index (κ2) is 5.62. The van der Waals surface area contributed by atoms with Gasteiger partial charge < -0.3 is 9.47 Å². The van der Waals surface area contributed by atoms with E-state index in [1.807, 2.05) is 13.8 Å². The van der Waals surface area contributed by atoms with Crippen LogP contribution in [-0.2, 0) is 9.47 Å². The lowest BCUT2D eigenvalue weighted by Crippen LogP contribution is -1.99. The standard InChI is InChI=1S/C6H13ClO2Si/c1-3-8-6(5(7)10)9-4-2/h3-4H2,1-2,10H3. The van der Waals surface area contributed by atoms with Crippen molar-refractivity contribution < 1.29 is 9.47 Å². The van der Waals surface area contributed by atoms with Crippen molar-refractivity contribution in [1.29, 1.82) is 0 Å². The minimum atomic E-state index is 0.498. The molecule has 0 bridgehead atoms. The van der Waals surface area contributed by atoms with E-state index >= 15 is 0 Å². The maximum Gasteiger partial charge on any atom is 0.288 e. The first-order valence-corrected chi connectivity index (χ1v) is 4.72. The van der Waals surface area contributed by atoms with Gasteiger partial charge in [-0.2, -0.15) is 0 Å². The third kappa shape index (κ3) is 3.79. The average molecular weight is 181 g/mol. The van der Waals surface area contributed by atoms with Gasteiger partial charge in [-0.25, -0.2) is 0 Å². The van der Waals surface area contributed by atoms with Crippen LogP contribution >= 0.6 is 11.6 Å². The van der Waals surface area contributed by atoms with Crippen LogP contribution < -0.4 is 0 Å². The smallest absolute Gasteiger partial charge is 0.288 e. The quantitative estimate of drug-likeness (QED) is 0.471. The molecule has 0 N–H and O–H groups in total. The topological polar surface area (TPSA) is 18.5 Å². The van der Waals surface area contributed by atoms with Crippen LogP contribution in [0.15, 0.2) is 10.6 Å². The first-order valence-electron chi connectivity index (χ1n) is 3.34. The summed E-state index contributed by atoms with van der Waals surface area (Å²) < 4.78 is 10.9. The Balaban J connectivity index is 3.86. The molecular weight excluding hydrogens is 168 g/mol. The highest BCUT2D eigenvalue weighted by molar-refractivity contribution is 6.52. The van der Waals surface area contributed by atoms with E-state index < -0.39 is 0 Å². The average Bonchev–Trinajstić information content (AvgIpc) is 1.87. The largest absolute Gasteiger partial charge is 0.465 e. The number of hydrogen-bond donors (Lipinski definition) is 0. The summed E-state index contributed by atoms with van der Waals surface area (Å²) in [5.41, 5.74) is 0. The van der Waals surface area contributed by atoms with E-state index in [4.69, 9.17) is 21.1 Å². The van der Waals surface area contributed by atoms with Gasteiger partial charge >= 0.3 is 0 Å². The lowest BCUT2D eigenvalue weighted by molar-refractivity contribution is 0.0465. The summed E-state index contributed by atoms with van der Waals surface area (Å²) in [6, 6.07) is 0. The van der Waals surface area contributed by atoms with Gasteiger partial charge in [-0.15, -0.1) is 0 Å². The Labute approximate surface area is 69.6 Å². The normalized spacial score (nSPS) is 9.10. The molecule has 0 spiro atoms. The molecule has 60 valence electrons. The zero-order valence-corrected chi connectivity index (χ0v) is 9.36. The molecule has 0 aliphatic carbocycles. The van der Waals surface area contributed by atoms with E-state index in [0.29, 0.717) is 23.8 Å². The van der Waals surface area contributed by atoms with Crippen LogP contribution in [0, 0.1) is 0 Å². The molecule has 0 aromatic carbocycles. The number of halogens is 1. The fourth-order valence-corrected chi connectivity index (χ4v) is 0.901. The van der Waals surface area contributed by atoms with E-state index in [9.17, 15) is 0 Å². The molecule has 0 aromatic heterocycles. The molecule has 0 atom stereocenters. The van der Waals surface area contributed by atoms with Gasteiger partial charge in [0.25, 0.3) is 5.95 Å². The van der Waals surface area contributed by atoms with Crippen molar-refractivity contribution in [2.75, 3.05) is 13.2 Å². The van der Waals surface area contributed by atoms with Crippen LogP contribution in [-0.4, -0.2) is 23.5 Å². The Bertz CT molecular complexity index is 113. The summed E-state index contributed by atoms with van der Waals surface area (Å²) in [4.78, 5) is 0. The SMILES string of the molecule is CCOC(OCC)=C([SiH3])Cl. The van der Waals surface area contributed by atoms with Crippen molar-refractivity contribution in [1.82, 2.24) is 0 Å².